The zero-order chi connectivity index (χ0) is 14.2. The molecule has 2 fully saturated rings. The van der Waals surface area contributed by atoms with E-state index in [9.17, 15) is 0 Å². The molecule has 0 saturated carbocycles. The van der Waals surface area contributed by atoms with Crippen LogP contribution in [0.15, 0.2) is 18.2 Å². The van der Waals surface area contributed by atoms with E-state index in [-0.39, 0.29) is 0 Å². The van der Waals surface area contributed by atoms with Gasteiger partial charge in [-0.25, -0.2) is 4.98 Å². The summed E-state index contributed by atoms with van der Waals surface area (Å²) in [6, 6.07) is 6.66. The van der Waals surface area contributed by atoms with Gasteiger partial charge in [0.15, 0.2) is 0 Å². The summed E-state index contributed by atoms with van der Waals surface area (Å²) in [5.74, 6) is 1.07. The van der Waals surface area contributed by atoms with Gasteiger partial charge in [-0.1, -0.05) is 0 Å². The monoisotopic (exact) mass is 285 g/mol. The Balaban J connectivity index is 1.39. The van der Waals surface area contributed by atoms with Crippen LogP contribution in [0.5, 0.6) is 0 Å². The van der Waals surface area contributed by atoms with Crippen molar-refractivity contribution in [3.05, 3.63) is 24.0 Å². The molecule has 3 N–H and O–H groups in total. The first-order valence-corrected chi connectivity index (χ1v) is 7.98. The SMILES string of the molecule is Nc1ccc2nc(CCN3CCN4CCCC4C3)[nH]c2c1. The van der Waals surface area contributed by atoms with E-state index in [4.69, 9.17) is 5.73 Å². The van der Waals surface area contributed by atoms with E-state index in [1.165, 1.54) is 39.0 Å². The lowest BCUT2D eigenvalue weighted by Crippen LogP contribution is -2.50. The Kier molecular flexibility index (Phi) is 3.31. The van der Waals surface area contributed by atoms with Crippen LogP contribution in [-0.2, 0) is 6.42 Å². The number of anilines is 1. The number of imidazole rings is 1. The minimum Gasteiger partial charge on any atom is -0.399 e. The Morgan fingerprint density at radius 1 is 1.29 bits per heavy atom. The van der Waals surface area contributed by atoms with E-state index in [2.05, 4.69) is 19.8 Å². The number of nitrogen functional groups attached to an aromatic ring is 1. The Hall–Kier alpha value is -1.59. The number of H-pyrrole nitrogens is 1. The zero-order valence-corrected chi connectivity index (χ0v) is 12.4. The fourth-order valence-electron chi connectivity index (χ4n) is 3.72. The molecule has 0 amide bonds. The number of fused-ring (bicyclic) bond motifs is 2. The van der Waals surface area contributed by atoms with Crippen LogP contribution >= 0.6 is 0 Å². The molecule has 112 valence electrons. The normalized spacial score (nSPS) is 23.7. The van der Waals surface area contributed by atoms with Gasteiger partial charge >= 0.3 is 0 Å². The van der Waals surface area contributed by atoms with Crippen molar-refractivity contribution in [1.82, 2.24) is 19.8 Å². The average molecular weight is 285 g/mol. The van der Waals surface area contributed by atoms with E-state index in [0.717, 1.165) is 41.6 Å². The minimum atomic E-state index is 0.787. The number of nitrogens with zero attached hydrogens (tertiary/aromatic N) is 3. The summed E-state index contributed by atoms with van der Waals surface area (Å²) in [6.45, 7) is 6.07. The third-order valence-electron chi connectivity index (χ3n) is 4.89. The molecule has 2 aromatic rings. The second-order valence-corrected chi connectivity index (χ2v) is 6.34. The number of nitrogens with one attached hydrogen (secondary N) is 1. The van der Waals surface area contributed by atoms with Crippen molar-refractivity contribution in [1.29, 1.82) is 0 Å². The Bertz CT molecular complexity index is 635. The van der Waals surface area contributed by atoms with Crippen LogP contribution in [0.2, 0.25) is 0 Å². The summed E-state index contributed by atoms with van der Waals surface area (Å²) in [6.07, 6.45) is 3.74. The molecule has 0 spiro atoms. The number of hydrogen-bond donors (Lipinski definition) is 2. The highest BCUT2D eigenvalue weighted by Crippen LogP contribution is 2.21. The summed E-state index contributed by atoms with van der Waals surface area (Å²) < 4.78 is 0. The van der Waals surface area contributed by atoms with Crippen LogP contribution < -0.4 is 5.73 Å². The van der Waals surface area contributed by atoms with Gasteiger partial charge in [-0.2, -0.15) is 0 Å². The van der Waals surface area contributed by atoms with Crippen molar-refractivity contribution in [2.75, 3.05) is 38.5 Å². The van der Waals surface area contributed by atoms with Crippen molar-refractivity contribution in [2.24, 2.45) is 0 Å². The van der Waals surface area contributed by atoms with Crippen molar-refractivity contribution < 1.29 is 0 Å². The number of nitrogens with two attached hydrogens (primary N) is 1. The second-order valence-electron chi connectivity index (χ2n) is 6.34. The van der Waals surface area contributed by atoms with Gasteiger partial charge in [0.1, 0.15) is 5.82 Å². The molecule has 1 aromatic carbocycles. The van der Waals surface area contributed by atoms with E-state index in [1.807, 2.05) is 18.2 Å². The number of rotatable bonds is 3. The van der Waals surface area contributed by atoms with E-state index >= 15 is 0 Å². The maximum atomic E-state index is 5.81. The van der Waals surface area contributed by atoms with Gasteiger partial charge in [-0.3, -0.25) is 4.90 Å². The van der Waals surface area contributed by atoms with Crippen LogP contribution in [0, 0.1) is 0 Å². The lowest BCUT2D eigenvalue weighted by Gasteiger charge is -2.37. The van der Waals surface area contributed by atoms with Gasteiger partial charge in [-0.05, 0) is 37.6 Å². The molecule has 21 heavy (non-hydrogen) atoms. The largest absolute Gasteiger partial charge is 0.399 e. The first kappa shape index (κ1) is 13.1. The average Bonchev–Trinajstić information content (AvgIpc) is 3.09. The van der Waals surface area contributed by atoms with Crippen LogP contribution in [-0.4, -0.2) is 58.5 Å². The topological polar surface area (TPSA) is 61.2 Å². The molecular formula is C16H23N5. The van der Waals surface area contributed by atoms with Crippen molar-refractivity contribution in [3.8, 4) is 0 Å². The number of aromatic nitrogens is 2. The number of benzene rings is 1. The molecule has 0 radical (unpaired) electrons. The molecule has 1 atom stereocenters. The fourth-order valence-corrected chi connectivity index (χ4v) is 3.72. The molecular weight excluding hydrogens is 262 g/mol. The van der Waals surface area contributed by atoms with E-state index in [0.29, 0.717) is 0 Å². The molecule has 2 saturated heterocycles. The zero-order valence-electron chi connectivity index (χ0n) is 12.4. The summed E-state index contributed by atoms with van der Waals surface area (Å²) in [5, 5.41) is 0. The highest BCUT2D eigenvalue weighted by atomic mass is 15.3. The lowest BCUT2D eigenvalue weighted by molar-refractivity contribution is 0.105. The van der Waals surface area contributed by atoms with Gasteiger partial charge in [0, 0.05) is 44.3 Å². The molecule has 0 bridgehead atoms. The molecule has 2 aliphatic heterocycles. The highest BCUT2D eigenvalue weighted by Gasteiger charge is 2.30. The molecule has 3 heterocycles. The molecule has 2 aliphatic rings. The highest BCUT2D eigenvalue weighted by molar-refractivity contribution is 5.78. The quantitative estimate of drug-likeness (QED) is 0.838. The molecule has 5 heteroatoms. The maximum Gasteiger partial charge on any atom is 0.108 e. The fraction of sp³-hybridized carbons (Fsp3) is 0.562. The predicted molar refractivity (Wildman–Crippen MR) is 85.2 cm³/mol. The second kappa shape index (κ2) is 5.31. The smallest absolute Gasteiger partial charge is 0.108 e. The van der Waals surface area contributed by atoms with Crippen LogP contribution in [0.4, 0.5) is 5.69 Å². The van der Waals surface area contributed by atoms with Crippen LogP contribution in [0.1, 0.15) is 18.7 Å². The van der Waals surface area contributed by atoms with Gasteiger partial charge < -0.3 is 15.6 Å². The predicted octanol–water partition coefficient (Wildman–Crippen LogP) is 1.47. The van der Waals surface area contributed by atoms with Gasteiger partial charge in [0.05, 0.1) is 11.0 Å². The van der Waals surface area contributed by atoms with Crippen molar-refractivity contribution in [3.63, 3.8) is 0 Å². The first-order chi connectivity index (χ1) is 10.3. The van der Waals surface area contributed by atoms with Gasteiger partial charge in [0.25, 0.3) is 0 Å². The first-order valence-electron chi connectivity index (χ1n) is 7.98. The molecule has 4 rings (SSSR count). The van der Waals surface area contributed by atoms with E-state index in [1.54, 1.807) is 0 Å². The van der Waals surface area contributed by atoms with Crippen LogP contribution in [0.3, 0.4) is 0 Å². The van der Waals surface area contributed by atoms with Crippen molar-refractivity contribution >= 4 is 16.7 Å². The van der Waals surface area contributed by atoms with Gasteiger partial charge in [-0.15, -0.1) is 0 Å². The summed E-state index contributed by atoms with van der Waals surface area (Å²) >= 11 is 0. The number of piperazine rings is 1. The number of hydrogen-bond acceptors (Lipinski definition) is 4. The lowest BCUT2D eigenvalue weighted by atomic mass is 10.1. The molecule has 0 aliphatic carbocycles. The van der Waals surface area contributed by atoms with Crippen molar-refractivity contribution in [2.45, 2.75) is 25.3 Å². The standard InChI is InChI=1S/C16H23N5/c17-12-3-4-14-15(10-12)19-16(18-14)5-7-20-8-9-21-6-1-2-13(21)11-20/h3-4,10,13H,1-2,5-9,11,17H2,(H,18,19). The van der Waals surface area contributed by atoms with Crippen LogP contribution in [0.25, 0.3) is 11.0 Å². The molecule has 1 unspecified atom stereocenters. The Morgan fingerprint density at radius 2 is 2.24 bits per heavy atom. The summed E-state index contributed by atoms with van der Waals surface area (Å²) in [4.78, 5) is 13.3. The third kappa shape index (κ3) is 2.63. The van der Waals surface area contributed by atoms with E-state index < -0.39 is 0 Å². The maximum absolute atomic E-state index is 5.81. The Morgan fingerprint density at radius 3 is 3.19 bits per heavy atom. The summed E-state index contributed by atoms with van der Waals surface area (Å²) in [7, 11) is 0. The summed E-state index contributed by atoms with van der Waals surface area (Å²) in [5.41, 5.74) is 8.66. The van der Waals surface area contributed by atoms with Gasteiger partial charge in [0.2, 0.25) is 0 Å². The molecule has 5 nitrogen and oxygen atoms in total. The number of aromatic amines is 1. The third-order valence-corrected chi connectivity index (χ3v) is 4.89. The Labute approximate surface area is 125 Å². The minimum absolute atomic E-state index is 0.787. The molecule has 1 aromatic heterocycles.